The average molecular weight is 266 g/mol. The van der Waals surface area contributed by atoms with Crippen LogP contribution in [0.3, 0.4) is 0 Å². The second kappa shape index (κ2) is 7.63. The van der Waals surface area contributed by atoms with Crippen LogP contribution in [0.2, 0.25) is 0 Å². The summed E-state index contributed by atoms with van der Waals surface area (Å²) in [6.07, 6.45) is 5.32. The molecule has 0 N–H and O–H groups in total. The summed E-state index contributed by atoms with van der Waals surface area (Å²) in [6, 6.07) is 0. The fourth-order valence-electron chi connectivity index (χ4n) is 1.77. The highest BCUT2D eigenvalue weighted by Crippen LogP contribution is 2.20. The molecular formula is C14H18O5. The van der Waals surface area contributed by atoms with Gasteiger partial charge in [0.1, 0.15) is 6.61 Å². The van der Waals surface area contributed by atoms with Crippen LogP contribution in [0.25, 0.3) is 0 Å². The fraction of sp³-hybridized carbons (Fsp3) is 0.500. The lowest BCUT2D eigenvalue weighted by Gasteiger charge is -2.23. The monoisotopic (exact) mass is 266 g/mol. The summed E-state index contributed by atoms with van der Waals surface area (Å²) in [5.41, 5.74) is 0.611. The van der Waals surface area contributed by atoms with Crippen molar-refractivity contribution in [2.45, 2.75) is 39.4 Å². The summed E-state index contributed by atoms with van der Waals surface area (Å²) in [7, 11) is 0. The molecule has 1 aliphatic heterocycles. The Morgan fingerprint density at radius 2 is 2.26 bits per heavy atom. The van der Waals surface area contributed by atoms with Gasteiger partial charge in [-0.15, -0.1) is 0 Å². The SMILES string of the molecule is C/C=C/C(=O)CCCC1=CC(=O)COC1OC(C)=O. The van der Waals surface area contributed by atoms with E-state index in [2.05, 4.69) is 0 Å². The van der Waals surface area contributed by atoms with Crippen molar-refractivity contribution >= 4 is 17.5 Å². The van der Waals surface area contributed by atoms with Crippen LogP contribution in [0.4, 0.5) is 0 Å². The predicted octanol–water partition coefficient (Wildman–Crippen LogP) is 1.72. The molecule has 5 heteroatoms. The number of allylic oxidation sites excluding steroid dienone is 2. The topological polar surface area (TPSA) is 69.7 Å². The van der Waals surface area contributed by atoms with Crippen molar-refractivity contribution in [2.75, 3.05) is 6.61 Å². The van der Waals surface area contributed by atoms with Crippen LogP contribution in [0.15, 0.2) is 23.8 Å². The van der Waals surface area contributed by atoms with Crippen LogP contribution < -0.4 is 0 Å². The summed E-state index contributed by atoms with van der Waals surface area (Å²) >= 11 is 0. The number of hydrogen-bond donors (Lipinski definition) is 0. The highest BCUT2D eigenvalue weighted by atomic mass is 16.7. The molecular weight excluding hydrogens is 248 g/mol. The summed E-state index contributed by atoms with van der Waals surface area (Å²) in [4.78, 5) is 33.5. The van der Waals surface area contributed by atoms with Crippen LogP contribution in [-0.2, 0) is 23.9 Å². The molecule has 104 valence electrons. The lowest BCUT2D eigenvalue weighted by Crippen LogP contribution is -2.29. The predicted molar refractivity (Wildman–Crippen MR) is 68.3 cm³/mol. The fourth-order valence-corrected chi connectivity index (χ4v) is 1.77. The number of rotatable bonds is 6. The van der Waals surface area contributed by atoms with Gasteiger partial charge in [-0.2, -0.15) is 0 Å². The van der Waals surface area contributed by atoms with E-state index in [1.165, 1.54) is 19.1 Å². The standard InChI is InChI=1S/C14H18O5/c1-3-5-12(16)7-4-6-11-8-13(17)9-18-14(11)19-10(2)15/h3,5,8,14H,4,6-7,9H2,1-2H3/b5-3+. The number of hydrogen-bond acceptors (Lipinski definition) is 5. The van der Waals surface area contributed by atoms with Gasteiger partial charge < -0.3 is 9.47 Å². The largest absolute Gasteiger partial charge is 0.432 e. The van der Waals surface area contributed by atoms with Gasteiger partial charge in [0.15, 0.2) is 11.6 Å². The molecule has 0 aromatic rings. The first-order valence-corrected chi connectivity index (χ1v) is 6.20. The molecule has 1 aliphatic rings. The van der Waals surface area contributed by atoms with Crippen LogP contribution in [-0.4, -0.2) is 30.4 Å². The number of ketones is 2. The smallest absolute Gasteiger partial charge is 0.305 e. The Hall–Kier alpha value is -1.75. The Bertz CT molecular complexity index is 420. The van der Waals surface area contributed by atoms with E-state index in [-0.39, 0.29) is 18.2 Å². The van der Waals surface area contributed by atoms with E-state index in [0.717, 1.165) is 0 Å². The zero-order chi connectivity index (χ0) is 14.3. The molecule has 0 fully saturated rings. The number of carbonyl (C=O) groups is 3. The molecule has 0 radical (unpaired) electrons. The van der Waals surface area contributed by atoms with Gasteiger partial charge in [0.05, 0.1) is 0 Å². The third-order valence-electron chi connectivity index (χ3n) is 2.54. The minimum Gasteiger partial charge on any atom is -0.432 e. The van der Waals surface area contributed by atoms with E-state index in [1.54, 1.807) is 13.0 Å². The maximum atomic E-state index is 11.3. The summed E-state index contributed by atoms with van der Waals surface area (Å²) < 4.78 is 10.1. The molecule has 19 heavy (non-hydrogen) atoms. The number of carbonyl (C=O) groups excluding carboxylic acids is 3. The average Bonchev–Trinajstić information content (AvgIpc) is 2.32. The zero-order valence-electron chi connectivity index (χ0n) is 11.2. The summed E-state index contributed by atoms with van der Waals surface area (Å²) in [6.45, 7) is 2.98. The lowest BCUT2D eigenvalue weighted by molar-refractivity contribution is -0.172. The highest BCUT2D eigenvalue weighted by Gasteiger charge is 2.24. The van der Waals surface area contributed by atoms with E-state index in [9.17, 15) is 14.4 Å². The van der Waals surface area contributed by atoms with E-state index in [4.69, 9.17) is 9.47 Å². The second-order valence-electron chi connectivity index (χ2n) is 4.26. The second-order valence-corrected chi connectivity index (χ2v) is 4.26. The summed E-state index contributed by atoms with van der Waals surface area (Å²) in [5, 5.41) is 0. The first-order chi connectivity index (χ1) is 9.02. The lowest BCUT2D eigenvalue weighted by atomic mass is 10.0. The highest BCUT2D eigenvalue weighted by molar-refractivity contribution is 5.92. The van der Waals surface area contributed by atoms with Crippen molar-refractivity contribution in [3.63, 3.8) is 0 Å². The van der Waals surface area contributed by atoms with Crippen molar-refractivity contribution in [1.29, 1.82) is 0 Å². The van der Waals surface area contributed by atoms with Gasteiger partial charge in [-0.25, -0.2) is 0 Å². The first kappa shape index (κ1) is 15.3. The third kappa shape index (κ3) is 5.61. The molecule has 0 aliphatic carbocycles. The Morgan fingerprint density at radius 3 is 2.89 bits per heavy atom. The normalized spacial score (nSPS) is 19.4. The van der Waals surface area contributed by atoms with Gasteiger partial charge in [-0.3, -0.25) is 14.4 Å². The van der Waals surface area contributed by atoms with E-state index >= 15 is 0 Å². The van der Waals surface area contributed by atoms with Crippen molar-refractivity contribution in [2.24, 2.45) is 0 Å². The Labute approximate surface area is 112 Å². The van der Waals surface area contributed by atoms with Gasteiger partial charge in [0.25, 0.3) is 0 Å². The molecule has 0 bridgehead atoms. The Kier molecular flexibility index (Phi) is 6.15. The van der Waals surface area contributed by atoms with Crippen LogP contribution >= 0.6 is 0 Å². The van der Waals surface area contributed by atoms with Gasteiger partial charge in [-0.05, 0) is 31.9 Å². The minimum atomic E-state index is -0.799. The molecule has 1 atom stereocenters. The van der Waals surface area contributed by atoms with E-state index in [1.807, 2.05) is 0 Å². The van der Waals surface area contributed by atoms with Crippen molar-refractivity contribution in [1.82, 2.24) is 0 Å². The molecule has 0 aromatic heterocycles. The molecule has 1 unspecified atom stereocenters. The number of esters is 1. The van der Waals surface area contributed by atoms with Crippen LogP contribution in [0.5, 0.6) is 0 Å². The van der Waals surface area contributed by atoms with Crippen LogP contribution in [0, 0.1) is 0 Å². The zero-order valence-corrected chi connectivity index (χ0v) is 11.2. The van der Waals surface area contributed by atoms with Gasteiger partial charge >= 0.3 is 5.97 Å². The van der Waals surface area contributed by atoms with Gasteiger partial charge in [-0.1, -0.05) is 6.08 Å². The molecule has 1 rings (SSSR count). The molecule has 5 nitrogen and oxygen atoms in total. The van der Waals surface area contributed by atoms with Gasteiger partial charge in [0, 0.05) is 18.9 Å². The number of ether oxygens (including phenoxy) is 2. The third-order valence-corrected chi connectivity index (χ3v) is 2.54. The molecule has 0 spiro atoms. The first-order valence-electron chi connectivity index (χ1n) is 6.20. The summed E-state index contributed by atoms with van der Waals surface area (Å²) in [5.74, 6) is -0.580. The van der Waals surface area contributed by atoms with Crippen molar-refractivity contribution in [3.05, 3.63) is 23.8 Å². The maximum Gasteiger partial charge on any atom is 0.305 e. The van der Waals surface area contributed by atoms with Crippen LogP contribution in [0.1, 0.15) is 33.1 Å². The molecule has 1 heterocycles. The minimum absolute atomic E-state index is 0.0372. The molecule has 0 saturated carbocycles. The molecule has 0 saturated heterocycles. The van der Waals surface area contributed by atoms with Crippen molar-refractivity contribution < 1.29 is 23.9 Å². The molecule has 0 aromatic carbocycles. The van der Waals surface area contributed by atoms with Gasteiger partial charge in [0.2, 0.25) is 6.29 Å². The quantitative estimate of drug-likeness (QED) is 0.540. The Morgan fingerprint density at radius 1 is 1.53 bits per heavy atom. The maximum absolute atomic E-state index is 11.3. The van der Waals surface area contributed by atoms with Crippen molar-refractivity contribution in [3.8, 4) is 0 Å². The Balaban J connectivity index is 2.53. The van der Waals surface area contributed by atoms with E-state index < -0.39 is 12.3 Å². The van der Waals surface area contributed by atoms with E-state index in [0.29, 0.717) is 24.8 Å². The molecule has 0 amide bonds.